The number of methoxy groups -OCH3 is 1. The maximum Gasteiger partial charge on any atom is 0.336 e. The van der Waals surface area contributed by atoms with Gasteiger partial charge in [-0.25, -0.2) is 9.59 Å². The molecule has 0 radical (unpaired) electrons. The van der Waals surface area contributed by atoms with Crippen molar-refractivity contribution in [1.82, 2.24) is 0 Å². The van der Waals surface area contributed by atoms with E-state index in [2.05, 4.69) is 11.3 Å². The van der Waals surface area contributed by atoms with Crippen molar-refractivity contribution in [2.24, 2.45) is 0 Å². The van der Waals surface area contributed by atoms with Crippen LogP contribution in [0.3, 0.4) is 0 Å². The number of hydrogen-bond acceptors (Lipinski definition) is 4. The highest BCUT2D eigenvalue weighted by Gasteiger charge is 2.05. The first kappa shape index (κ1) is 14.4. The van der Waals surface area contributed by atoms with Crippen LogP contribution in [0.5, 0.6) is 5.75 Å². The summed E-state index contributed by atoms with van der Waals surface area (Å²) in [6, 6.07) is 7.03. The first-order chi connectivity index (χ1) is 9.17. The van der Waals surface area contributed by atoms with Crippen molar-refractivity contribution in [1.29, 1.82) is 0 Å². The lowest BCUT2D eigenvalue weighted by molar-refractivity contribution is -0.135. The minimum Gasteiger partial charge on any atom is -0.466 e. The van der Waals surface area contributed by atoms with Crippen molar-refractivity contribution in [3.05, 3.63) is 60.7 Å². The van der Waals surface area contributed by atoms with E-state index in [9.17, 15) is 9.59 Å². The van der Waals surface area contributed by atoms with Gasteiger partial charge in [-0.2, -0.15) is 0 Å². The van der Waals surface area contributed by atoms with E-state index in [0.29, 0.717) is 5.75 Å². The van der Waals surface area contributed by atoms with Crippen LogP contribution in [0.1, 0.15) is 5.56 Å². The highest BCUT2D eigenvalue weighted by molar-refractivity contribution is 5.92. The molecule has 0 saturated carbocycles. The smallest absolute Gasteiger partial charge is 0.336 e. The highest BCUT2D eigenvalue weighted by atomic mass is 16.5. The van der Waals surface area contributed by atoms with Gasteiger partial charge in [-0.05, 0) is 6.07 Å². The number of carbonyl (C=O) groups is 2. The predicted molar refractivity (Wildman–Crippen MR) is 72.5 cm³/mol. The Bertz CT molecular complexity index is 527. The third-order valence-electron chi connectivity index (χ3n) is 2.10. The molecule has 0 aliphatic rings. The summed E-state index contributed by atoms with van der Waals surface area (Å²) >= 11 is 0. The lowest BCUT2D eigenvalue weighted by atomic mass is 10.2. The molecule has 0 amide bonds. The van der Waals surface area contributed by atoms with E-state index in [1.807, 2.05) is 6.07 Å². The van der Waals surface area contributed by atoms with Gasteiger partial charge < -0.3 is 9.47 Å². The van der Waals surface area contributed by atoms with Crippen LogP contribution in [0, 0.1) is 0 Å². The Morgan fingerprint density at radius 3 is 2.53 bits per heavy atom. The van der Waals surface area contributed by atoms with E-state index in [4.69, 9.17) is 4.74 Å². The number of para-hydroxylation sites is 1. The van der Waals surface area contributed by atoms with Gasteiger partial charge >= 0.3 is 11.9 Å². The molecular weight excluding hydrogens is 244 g/mol. The van der Waals surface area contributed by atoms with E-state index >= 15 is 0 Å². The monoisotopic (exact) mass is 258 g/mol. The second kappa shape index (κ2) is 7.66. The third-order valence-corrected chi connectivity index (χ3v) is 2.10. The zero-order chi connectivity index (χ0) is 14.1. The molecule has 0 spiro atoms. The Morgan fingerprint density at radius 2 is 1.84 bits per heavy atom. The molecule has 4 nitrogen and oxygen atoms in total. The van der Waals surface area contributed by atoms with Gasteiger partial charge in [0.25, 0.3) is 0 Å². The zero-order valence-corrected chi connectivity index (χ0v) is 10.5. The summed E-state index contributed by atoms with van der Waals surface area (Å²) in [5.74, 6) is -0.859. The van der Waals surface area contributed by atoms with Crippen molar-refractivity contribution in [3.8, 4) is 5.75 Å². The van der Waals surface area contributed by atoms with Crippen LogP contribution in [0.25, 0.3) is 6.08 Å². The standard InChI is InChI=1S/C15H14O4/c1-3-4-7-12-8-5-6-9-13(12)19-15(17)11-10-14(16)18-2/h3-11H,1H2,2H3/b7-4+,11-10+. The number of allylic oxidation sites excluding steroid dienone is 2. The van der Waals surface area contributed by atoms with Crippen LogP contribution < -0.4 is 4.74 Å². The average molecular weight is 258 g/mol. The van der Waals surface area contributed by atoms with Crippen molar-refractivity contribution in [2.45, 2.75) is 0 Å². The summed E-state index contributed by atoms with van der Waals surface area (Å²) in [6.07, 6.45) is 7.14. The van der Waals surface area contributed by atoms with E-state index in [1.165, 1.54) is 7.11 Å². The van der Waals surface area contributed by atoms with Gasteiger partial charge in [0.05, 0.1) is 7.11 Å². The maximum atomic E-state index is 11.5. The molecule has 0 heterocycles. The Balaban J connectivity index is 2.79. The van der Waals surface area contributed by atoms with Crippen molar-refractivity contribution < 1.29 is 19.1 Å². The maximum absolute atomic E-state index is 11.5. The molecule has 1 rings (SSSR count). The van der Waals surface area contributed by atoms with Crippen LogP contribution >= 0.6 is 0 Å². The topological polar surface area (TPSA) is 52.6 Å². The number of esters is 2. The molecule has 0 fully saturated rings. The molecular formula is C15H14O4. The van der Waals surface area contributed by atoms with Crippen LogP contribution in [-0.2, 0) is 14.3 Å². The second-order valence-corrected chi connectivity index (χ2v) is 3.41. The van der Waals surface area contributed by atoms with Gasteiger partial charge in [-0.3, -0.25) is 0 Å². The molecule has 0 aromatic heterocycles. The van der Waals surface area contributed by atoms with E-state index in [1.54, 1.807) is 36.4 Å². The van der Waals surface area contributed by atoms with Gasteiger partial charge in [-0.1, -0.05) is 43.0 Å². The molecule has 1 aromatic carbocycles. The fraction of sp³-hybridized carbons (Fsp3) is 0.0667. The van der Waals surface area contributed by atoms with Crippen LogP contribution in [-0.4, -0.2) is 19.0 Å². The minimum absolute atomic E-state index is 0.403. The van der Waals surface area contributed by atoms with Gasteiger partial charge in [0.2, 0.25) is 0 Å². The van der Waals surface area contributed by atoms with Crippen LogP contribution in [0.4, 0.5) is 0 Å². The molecule has 98 valence electrons. The van der Waals surface area contributed by atoms with Crippen molar-refractivity contribution >= 4 is 18.0 Å². The molecule has 0 aliphatic carbocycles. The fourth-order valence-electron chi connectivity index (χ4n) is 1.23. The van der Waals surface area contributed by atoms with E-state index in [-0.39, 0.29) is 0 Å². The Labute approximate surface area is 111 Å². The summed E-state index contributed by atoms with van der Waals surface area (Å²) < 4.78 is 9.49. The molecule has 1 aromatic rings. The lowest BCUT2D eigenvalue weighted by Crippen LogP contribution is -2.06. The number of carbonyl (C=O) groups excluding carboxylic acids is 2. The third kappa shape index (κ3) is 5.04. The zero-order valence-electron chi connectivity index (χ0n) is 10.5. The molecule has 0 unspecified atom stereocenters. The summed E-state index contributed by atoms with van der Waals surface area (Å²) in [6.45, 7) is 3.57. The number of rotatable bonds is 5. The summed E-state index contributed by atoms with van der Waals surface area (Å²) in [7, 11) is 1.23. The molecule has 0 bridgehead atoms. The molecule has 0 N–H and O–H groups in total. The van der Waals surface area contributed by atoms with E-state index in [0.717, 1.165) is 17.7 Å². The first-order valence-electron chi connectivity index (χ1n) is 5.53. The fourth-order valence-corrected chi connectivity index (χ4v) is 1.23. The summed E-state index contributed by atoms with van der Waals surface area (Å²) in [4.78, 5) is 22.3. The number of ether oxygens (including phenoxy) is 2. The predicted octanol–water partition coefficient (Wildman–Crippen LogP) is 2.52. The summed E-state index contributed by atoms with van der Waals surface area (Å²) in [5, 5.41) is 0. The molecule has 0 atom stereocenters. The number of benzene rings is 1. The van der Waals surface area contributed by atoms with Crippen molar-refractivity contribution in [3.63, 3.8) is 0 Å². The van der Waals surface area contributed by atoms with Crippen LogP contribution in [0.2, 0.25) is 0 Å². The van der Waals surface area contributed by atoms with Gasteiger partial charge in [0, 0.05) is 17.7 Å². The molecule has 4 heteroatoms. The largest absolute Gasteiger partial charge is 0.466 e. The quantitative estimate of drug-likeness (QED) is 0.352. The van der Waals surface area contributed by atoms with Crippen molar-refractivity contribution in [2.75, 3.05) is 7.11 Å². The highest BCUT2D eigenvalue weighted by Crippen LogP contribution is 2.19. The normalized spacial score (nSPS) is 10.6. The molecule has 0 saturated heterocycles. The molecule has 0 aliphatic heterocycles. The van der Waals surface area contributed by atoms with E-state index < -0.39 is 11.9 Å². The second-order valence-electron chi connectivity index (χ2n) is 3.41. The molecule has 19 heavy (non-hydrogen) atoms. The Hall–Kier alpha value is -2.62. The minimum atomic E-state index is -0.648. The van der Waals surface area contributed by atoms with Gasteiger partial charge in [-0.15, -0.1) is 0 Å². The van der Waals surface area contributed by atoms with Crippen LogP contribution in [0.15, 0.2) is 55.1 Å². The van der Waals surface area contributed by atoms with Gasteiger partial charge in [0.1, 0.15) is 5.75 Å². The number of hydrogen-bond donors (Lipinski definition) is 0. The lowest BCUT2D eigenvalue weighted by Gasteiger charge is -2.04. The first-order valence-corrected chi connectivity index (χ1v) is 5.53. The Morgan fingerprint density at radius 1 is 1.16 bits per heavy atom. The Kier molecular flexibility index (Phi) is 5.82. The SMILES string of the molecule is C=C/C=C/c1ccccc1OC(=O)/C=C/C(=O)OC. The van der Waals surface area contributed by atoms with Gasteiger partial charge in [0.15, 0.2) is 0 Å². The summed E-state index contributed by atoms with van der Waals surface area (Å²) in [5.41, 5.74) is 0.738. The average Bonchev–Trinajstić information content (AvgIpc) is 2.43.